The SMILES string of the molecule is CC1CCCCC1(NC1CCCCC1)C(=O)O. The molecule has 0 bridgehead atoms. The zero-order valence-electron chi connectivity index (χ0n) is 10.9. The molecule has 2 fully saturated rings. The van der Waals surface area contributed by atoms with Gasteiger partial charge in [-0.1, -0.05) is 39.0 Å². The molecular formula is C14H25NO2. The molecule has 3 nitrogen and oxygen atoms in total. The molecule has 0 radical (unpaired) electrons. The van der Waals surface area contributed by atoms with Gasteiger partial charge in [-0.05, 0) is 31.6 Å². The van der Waals surface area contributed by atoms with Gasteiger partial charge >= 0.3 is 5.97 Å². The fourth-order valence-corrected chi connectivity index (χ4v) is 3.55. The van der Waals surface area contributed by atoms with Gasteiger partial charge in [-0.25, -0.2) is 0 Å². The van der Waals surface area contributed by atoms with Crippen LogP contribution in [-0.4, -0.2) is 22.7 Å². The first-order valence-corrected chi connectivity index (χ1v) is 7.16. The quantitative estimate of drug-likeness (QED) is 0.796. The van der Waals surface area contributed by atoms with Crippen molar-refractivity contribution in [1.82, 2.24) is 5.32 Å². The maximum absolute atomic E-state index is 11.7. The van der Waals surface area contributed by atoms with Crippen LogP contribution in [0, 0.1) is 5.92 Å². The molecule has 0 aliphatic heterocycles. The summed E-state index contributed by atoms with van der Waals surface area (Å²) < 4.78 is 0. The summed E-state index contributed by atoms with van der Waals surface area (Å²) in [6, 6.07) is 0.431. The monoisotopic (exact) mass is 239 g/mol. The second kappa shape index (κ2) is 5.38. The average Bonchev–Trinajstić information content (AvgIpc) is 2.33. The van der Waals surface area contributed by atoms with E-state index in [0.717, 1.165) is 32.1 Å². The number of rotatable bonds is 3. The van der Waals surface area contributed by atoms with E-state index in [9.17, 15) is 9.90 Å². The Hall–Kier alpha value is -0.570. The van der Waals surface area contributed by atoms with Crippen LogP contribution < -0.4 is 5.32 Å². The van der Waals surface area contributed by atoms with Crippen LogP contribution in [0.3, 0.4) is 0 Å². The summed E-state index contributed by atoms with van der Waals surface area (Å²) in [7, 11) is 0. The second-order valence-electron chi connectivity index (χ2n) is 5.90. The molecule has 2 aliphatic carbocycles. The highest BCUT2D eigenvalue weighted by molar-refractivity contribution is 5.79. The highest BCUT2D eigenvalue weighted by atomic mass is 16.4. The molecule has 0 aromatic carbocycles. The van der Waals surface area contributed by atoms with Gasteiger partial charge < -0.3 is 5.11 Å². The fourth-order valence-electron chi connectivity index (χ4n) is 3.55. The van der Waals surface area contributed by atoms with E-state index in [0.29, 0.717) is 6.04 Å². The van der Waals surface area contributed by atoms with Gasteiger partial charge in [0.15, 0.2) is 0 Å². The van der Waals surface area contributed by atoms with Crippen molar-refractivity contribution in [3.05, 3.63) is 0 Å². The maximum Gasteiger partial charge on any atom is 0.324 e. The average molecular weight is 239 g/mol. The summed E-state index contributed by atoms with van der Waals surface area (Å²) in [5.41, 5.74) is -0.639. The molecule has 0 spiro atoms. The van der Waals surface area contributed by atoms with Crippen molar-refractivity contribution >= 4 is 5.97 Å². The van der Waals surface area contributed by atoms with E-state index in [2.05, 4.69) is 12.2 Å². The molecule has 17 heavy (non-hydrogen) atoms. The molecule has 2 aliphatic rings. The Balaban J connectivity index is 2.07. The topological polar surface area (TPSA) is 49.3 Å². The van der Waals surface area contributed by atoms with Gasteiger partial charge in [0, 0.05) is 6.04 Å². The minimum absolute atomic E-state index is 0.260. The summed E-state index contributed by atoms with van der Waals surface area (Å²) >= 11 is 0. The molecular weight excluding hydrogens is 214 g/mol. The molecule has 0 aromatic rings. The Labute approximate surface area is 104 Å². The minimum atomic E-state index is -0.639. The van der Waals surface area contributed by atoms with Gasteiger partial charge in [0.1, 0.15) is 5.54 Å². The highest BCUT2D eigenvalue weighted by Gasteiger charge is 2.46. The summed E-state index contributed by atoms with van der Waals surface area (Å²) in [5, 5.41) is 13.1. The van der Waals surface area contributed by atoms with Crippen molar-refractivity contribution in [2.75, 3.05) is 0 Å². The second-order valence-corrected chi connectivity index (χ2v) is 5.90. The zero-order valence-corrected chi connectivity index (χ0v) is 10.9. The van der Waals surface area contributed by atoms with Crippen molar-refractivity contribution in [2.45, 2.75) is 76.3 Å². The lowest BCUT2D eigenvalue weighted by Gasteiger charge is -2.43. The largest absolute Gasteiger partial charge is 0.480 e. The summed E-state index contributed by atoms with van der Waals surface area (Å²) in [6.45, 7) is 2.10. The lowest BCUT2D eigenvalue weighted by atomic mass is 9.72. The van der Waals surface area contributed by atoms with Gasteiger partial charge in [-0.3, -0.25) is 10.1 Å². The van der Waals surface area contributed by atoms with Crippen LogP contribution in [0.4, 0.5) is 0 Å². The maximum atomic E-state index is 11.7. The normalized spacial score (nSPS) is 35.7. The van der Waals surface area contributed by atoms with Gasteiger partial charge in [0.2, 0.25) is 0 Å². The Morgan fingerprint density at radius 3 is 2.35 bits per heavy atom. The molecule has 98 valence electrons. The van der Waals surface area contributed by atoms with Crippen LogP contribution in [0.15, 0.2) is 0 Å². The van der Waals surface area contributed by atoms with E-state index < -0.39 is 11.5 Å². The first-order valence-electron chi connectivity index (χ1n) is 7.16. The Morgan fingerprint density at radius 2 is 1.76 bits per heavy atom. The third-order valence-electron chi connectivity index (χ3n) is 4.75. The van der Waals surface area contributed by atoms with E-state index in [-0.39, 0.29) is 5.92 Å². The summed E-state index contributed by atoms with van der Waals surface area (Å²) in [4.78, 5) is 11.7. The van der Waals surface area contributed by atoms with Crippen LogP contribution in [-0.2, 0) is 4.79 Å². The fraction of sp³-hybridized carbons (Fsp3) is 0.929. The van der Waals surface area contributed by atoms with Crippen molar-refractivity contribution in [2.24, 2.45) is 5.92 Å². The van der Waals surface area contributed by atoms with Gasteiger partial charge in [-0.15, -0.1) is 0 Å². The third-order valence-corrected chi connectivity index (χ3v) is 4.75. The van der Waals surface area contributed by atoms with Crippen LogP contribution in [0.2, 0.25) is 0 Å². The molecule has 0 heterocycles. The van der Waals surface area contributed by atoms with Gasteiger partial charge in [0.25, 0.3) is 0 Å². The molecule has 2 atom stereocenters. The summed E-state index contributed by atoms with van der Waals surface area (Å²) in [6.07, 6.45) is 10.2. The number of carboxylic acid groups (broad SMARTS) is 1. The first kappa shape index (κ1) is 12.9. The van der Waals surface area contributed by atoms with Crippen molar-refractivity contribution in [3.8, 4) is 0 Å². The van der Waals surface area contributed by atoms with Crippen molar-refractivity contribution < 1.29 is 9.90 Å². The Morgan fingerprint density at radius 1 is 1.12 bits per heavy atom. The lowest BCUT2D eigenvalue weighted by molar-refractivity contribution is -0.149. The molecule has 0 amide bonds. The molecule has 3 heteroatoms. The molecule has 2 rings (SSSR count). The van der Waals surface area contributed by atoms with E-state index >= 15 is 0 Å². The van der Waals surface area contributed by atoms with E-state index in [4.69, 9.17) is 0 Å². The Kier molecular flexibility index (Phi) is 4.08. The van der Waals surface area contributed by atoms with Crippen LogP contribution >= 0.6 is 0 Å². The molecule has 2 unspecified atom stereocenters. The number of nitrogens with one attached hydrogen (secondary N) is 1. The molecule has 2 saturated carbocycles. The number of hydrogen-bond donors (Lipinski definition) is 2. The lowest BCUT2D eigenvalue weighted by Crippen LogP contribution is -2.61. The highest BCUT2D eigenvalue weighted by Crippen LogP contribution is 2.35. The predicted molar refractivity (Wildman–Crippen MR) is 68.0 cm³/mol. The predicted octanol–water partition coefficient (Wildman–Crippen LogP) is 2.94. The van der Waals surface area contributed by atoms with Crippen molar-refractivity contribution in [1.29, 1.82) is 0 Å². The number of carboxylic acids is 1. The zero-order chi connectivity index (χ0) is 12.3. The molecule has 0 saturated heterocycles. The molecule has 0 aromatic heterocycles. The van der Waals surface area contributed by atoms with Crippen LogP contribution in [0.1, 0.15) is 64.7 Å². The third kappa shape index (κ3) is 2.65. The number of hydrogen-bond acceptors (Lipinski definition) is 2. The molecule has 2 N–H and O–H groups in total. The van der Waals surface area contributed by atoms with E-state index in [1.165, 1.54) is 25.7 Å². The standard InChI is InChI=1S/C14H25NO2/c1-11-7-5-6-10-14(11,13(16)17)15-12-8-3-2-4-9-12/h11-12,15H,2-10H2,1H3,(H,16,17). The minimum Gasteiger partial charge on any atom is -0.480 e. The summed E-state index contributed by atoms with van der Waals surface area (Å²) in [5.74, 6) is -0.369. The van der Waals surface area contributed by atoms with E-state index in [1.54, 1.807) is 0 Å². The van der Waals surface area contributed by atoms with Crippen LogP contribution in [0.25, 0.3) is 0 Å². The first-order chi connectivity index (χ1) is 8.15. The number of aliphatic carboxylic acids is 1. The van der Waals surface area contributed by atoms with Crippen LogP contribution in [0.5, 0.6) is 0 Å². The number of carbonyl (C=O) groups is 1. The smallest absolute Gasteiger partial charge is 0.324 e. The Bertz CT molecular complexity index is 273. The van der Waals surface area contributed by atoms with Crippen molar-refractivity contribution in [3.63, 3.8) is 0 Å². The van der Waals surface area contributed by atoms with Gasteiger partial charge in [0.05, 0.1) is 0 Å². The van der Waals surface area contributed by atoms with Gasteiger partial charge in [-0.2, -0.15) is 0 Å². The van der Waals surface area contributed by atoms with E-state index in [1.807, 2.05) is 0 Å².